The fraction of sp³-hybridized carbons (Fsp3) is 0.500. The number of hydrogen-bond donors (Lipinski definition) is 0. The summed E-state index contributed by atoms with van der Waals surface area (Å²) >= 11 is 0. The number of rotatable bonds is 1. The molecule has 2 heteroatoms. The van der Waals surface area contributed by atoms with E-state index in [0.717, 1.165) is 0 Å². The molecule has 55 valence electrons. The number of ether oxygens (including phenoxy) is 1. The third-order valence-corrected chi connectivity index (χ3v) is 0.854. The van der Waals surface area contributed by atoms with E-state index in [1.54, 1.807) is 12.1 Å². The van der Waals surface area contributed by atoms with Gasteiger partial charge in [-0.3, -0.25) is 0 Å². The molecule has 1 aromatic heterocycles. The van der Waals surface area contributed by atoms with E-state index < -0.39 is 0 Å². The summed E-state index contributed by atoms with van der Waals surface area (Å²) in [6.07, 6.45) is 2.55. The monoisotopic (exact) mass is 139 g/mol. The first-order valence-corrected chi connectivity index (χ1v) is 3.23. The Labute approximate surface area is 60.8 Å². The lowest BCUT2D eigenvalue weighted by atomic mass is 10.2. The van der Waals surface area contributed by atoms with Gasteiger partial charge in [-0.15, -0.1) is 0 Å². The lowest BCUT2D eigenvalue weighted by Gasteiger charge is -2.18. The van der Waals surface area contributed by atoms with Gasteiger partial charge in [0.2, 0.25) is 0 Å². The largest absolute Gasteiger partial charge is 0.459 e. The highest BCUT2D eigenvalue weighted by atomic mass is 16.6. The molecule has 1 aromatic rings. The van der Waals surface area contributed by atoms with E-state index in [1.165, 1.54) is 0 Å². The maximum atomic E-state index is 5.34. The molecule has 10 heavy (non-hydrogen) atoms. The molecule has 1 radical (unpaired) electrons. The van der Waals surface area contributed by atoms with Crippen LogP contribution in [-0.2, 0) is 0 Å². The van der Waals surface area contributed by atoms with Crippen molar-refractivity contribution in [3.63, 3.8) is 0 Å². The molecule has 0 aromatic carbocycles. The van der Waals surface area contributed by atoms with Gasteiger partial charge in [-0.1, -0.05) is 0 Å². The lowest BCUT2D eigenvalue weighted by molar-refractivity contribution is 0.0946. The molecule has 0 atom stereocenters. The van der Waals surface area contributed by atoms with Crippen LogP contribution in [0.4, 0.5) is 0 Å². The molecule has 0 N–H and O–H groups in total. The van der Waals surface area contributed by atoms with Crippen LogP contribution in [0, 0.1) is 6.26 Å². The van der Waals surface area contributed by atoms with E-state index in [0.29, 0.717) is 5.95 Å². The summed E-state index contributed by atoms with van der Waals surface area (Å²) in [7, 11) is 0. The predicted molar refractivity (Wildman–Crippen MR) is 37.9 cm³/mol. The minimum absolute atomic E-state index is 0.189. The van der Waals surface area contributed by atoms with Crippen molar-refractivity contribution in [1.82, 2.24) is 0 Å². The van der Waals surface area contributed by atoms with Gasteiger partial charge in [0.25, 0.3) is 5.95 Å². The van der Waals surface area contributed by atoms with Crippen LogP contribution in [0.3, 0.4) is 0 Å². The molecular formula is C8H11O2. The van der Waals surface area contributed by atoms with Gasteiger partial charge < -0.3 is 9.15 Å². The third-order valence-electron chi connectivity index (χ3n) is 0.854. The summed E-state index contributed by atoms with van der Waals surface area (Å²) in [5.74, 6) is 0.521. The van der Waals surface area contributed by atoms with Crippen LogP contribution in [0.1, 0.15) is 20.8 Å². The lowest BCUT2D eigenvalue weighted by Crippen LogP contribution is -2.22. The zero-order valence-electron chi connectivity index (χ0n) is 6.47. The van der Waals surface area contributed by atoms with Gasteiger partial charge in [0.15, 0.2) is 6.26 Å². The van der Waals surface area contributed by atoms with Crippen molar-refractivity contribution >= 4 is 0 Å². The fourth-order valence-electron chi connectivity index (χ4n) is 0.585. The summed E-state index contributed by atoms with van der Waals surface area (Å²) in [4.78, 5) is 0. The van der Waals surface area contributed by atoms with Gasteiger partial charge in [0.05, 0.1) is 0 Å². The molecule has 0 fully saturated rings. The van der Waals surface area contributed by atoms with Crippen LogP contribution in [0.2, 0.25) is 0 Å². The van der Waals surface area contributed by atoms with Gasteiger partial charge in [-0.2, -0.15) is 0 Å². The first-order valence-electron chi connectivity index (χ1n) is 3.23. The van der Waals surface area contributed by atoms with Crippen molar-refractivity contribution in [2.45, 2.75) is 26.4 Å². The standard InChI is InChI=1S/C8H11O2/c1-8(2,3)10-7-5-4-6-9-7/h4-5H,1-3H3. The van der Waals surface area contributed by atoms with Gasteiger partial charge in [-0.25, -0.2) is 0 Å². The Balaban J connectivity index is 2.57. The summed E-state index contributed by atoms with van der Waals surface area (Å²) in [6.45, 7) is 5.90. The molecule has 0 aliphatic carbocycles. The smallest absolute Gasteiger partial charge is 0.285 e. The SMILES string of the molecule is CC(C)(C)Oc1cc[c]o1. The van der Waals surface area contributed by atoms with E-state index in [9.17, 15) is 0 Å². The van der Waals surface area contributed by atoms with E-state index in [4.69, 9.17) is 9.15 Å². The van der Waals surface area contributed by atoms with Crippen molar-refractivity contribution in [1.29, 1.82) is 0 Å². The predicted octanol–water partition coefficient (Wildman–Crippen LogP) is 2.26. The maximum absolute atomic E-state index is 5.34. The second-order valence-electron chi connectivity index (χ2n) is 3.09. The highest BCUT2D eigenvalue weighted by Gasteiger charge is 2.12. The summed E-state index contributed by atoms with van der Waals surface area (Å²) in [6, 6.07) is 3.42. The van der Waals surface area contributed by atoms with Crippen LogP contribution in [0.25, 0.3) is 0 Å². The molecule has 0 bridgehead atoms. The molecule has 2 nitrogen and oxygen atoms in total. The highest BCUT2D eigenvalue weighted by molar-refractivity contribution is 5.04. The molecule has 0 unspecified atom stereocenters. The third kappa shape index (κ3) is 2.13. The Morgan fingerprint density at radius 1 is 1.50 bits per heavy atom. The second-order valence-corrected chi connectivity index (χ2v) is 3.09. The van der Waals surface area contributed by atoms with Crippen molar-refractivity contribution < 1.29 is 9.15 Å². The second kappa shape index (κ2) is 2.37. The van der Waals surface area contributed by atoms with Crippen LogP contribution >= 0.6 is 0 Å². The Bertz CT molecular complexity index is 182. The molecule has 0 saturated carbocycles. The fourth-order valence-corrected chi connectivity index (χ4v) is 0.585. The van der Waals surface area contributed by atoms with E-state index in [2.05, 4.69) is 6.26 Å². The van der Waals surface area contributed by atoms with Crippen LogP contribution in [-0.4, -0.2) is 5.60 Å². The zero-order chi connectivity index (χ0) is 7.61. The molecule has 1 rings (SSSR count). The Kier molecular flexibility index (Phi) is 1.70. The topological polar surface area (TPSA) is 22.4 Å². The van der Waals surface area contributed by atoms with Crippen molar-refractivity contribution in [2.75, 3.05) is 0 Å². The van der Waals surface area contributed by atoms with Crippen LogP contribution in [0.15, 0.2) is 16.5 Å². The normalized spacial score (nSPS) is 11.5. The van der Waals surface area contributed by atoms with E-state index >= 15 is 0 Å². The molecular weight excluding hydrogens is 128 g/mol. The maximum Gasteiger partial charge on any atom is 0.285 e. The van der Waals surface area contributed by atoms with Crippen molar-refractivity contribution in [2.24, 2.45) is 0 Å². The first kappa shape index (κ1) is 7.19. The quantitative estimate of drug-likeness (QED) is 0.595. The highest BCUT2D eigenvalue weighted by Crippen LogP contribution is 2.16. The molecule has 1 heterocycles. The molecule has 0 aliphatic heterocycles. The Morgan fingerprint density at radius 3 is 2.60 bits per heavy atom. The van der Waals surface area contributed by atoms with Gasteiger partial charge in [-0.05, 0) is 26.8 Å². The molecule has 0 aliphatic rings. The number of hydrogen-bond acceptors (Lipinski definition) is 2. The minimum atomic E-state index is -0.189. The summed E-state index contributed by atoms with van der Waals surface area (Å²) < 4.78 is 10.2. The Hall–Kier alpha value is -0.920. The molecule has 0 spiro atoms. The summed E-state index contributed by atoms with van der Waals surface area (Å²) in [5, 5.41) is 0. The van der Waals surface area contributed by atoms with Gasteiger partial charge >= 0.3 is 0 Å². The van der Waals surface area contributed by atoms with Crippen molar-refractivity contribution in [3.05, 3.63) is 18.4 Å². The van der Waals surface area contributed by atoms with Crippen LogP contribution in [0.5, 0.6) is 5.95 Å². The molecule has 0 saturated heterocycles. The van der Waals surface area contributed by atoms with Crippen molar-refractivity contribution in [3.8, 4) is 5.95 Å². The first-order chi connectivity index (χ1) is 4.58. The Morgan fingerprint density at radius 2 is 2.20 bits per heavy atom. The van der Waals surface area contributed by atoms with Gasteiger partial charge in [0, 0.05) is 6.07 Å². The average Bonchev–Trinajstić information content (AvgIpc) is 2.12. The minimum Gasteiger partial charge on any atom is -0.459 e. The van der Waals surface area contributed by atoms with Crippen LogP contribution < -0.4 is 4.74 Å². The molecule has 0 amide bonds. The van der Waals surface area contributed by atoms with E-state index in [1.807, 2.05) is 20.8 Å². The summed E-state index contributed by atoms with van der Waals surface area (Å²) in [5.41, 5.74) is -0.189. The van der Waals surface area contributed by atoms with Gasteiger partial charge in [0.1, 0.15) is 5.60 Å². The zero-order valence-corrected chi connectivity index (χ0v) is 6.47. The average molecular weight is 139 g/mol. The van der Waals surface area contributed by atoms with E-state index in [-0.39, 0.29) is 5.60 Å². The number of furan rings is 1.